The number of carbonyl (C=O) groups excluding carboxylic acids is 1. The first-order chi connectivity index (χ1) is 7.56. The normalized spacial score (nSPS) is 9.19. The SMILES string of the molecule is N#CCOC(=O)c1ccc([N+](=O)[O-])c(N)c1. The number of nitrogens with two attached hydrogens (primary N) is 1. The lowest BCUT2D eigenvalue weighted by atomic mass is 10.2. The fourth-order valence-electron chi connectivity index (χ4n) is 1.03. The zero-order valence-corrected chi connectivity index (χ0v) is 8.04. The first-order valence-electron chi connectivity index (χ1n) is 4.14. The number of rotatable bonds is 3. The van der Waals surface area contributed by atoms with Crippen LogP contribution in [0.4, 0.5) is 11.4 Å². The third-order valence-corrected chi connectivity index (χ3v) is 1.73. The van der Waals surface area contributed by atoms with Crippen molar-refractivity contribution < 1.29 is 14.5 Å². The number of nitro groups is 1. The average molecular weight is 221 g/mol. The van der Waals surface area contributed by atoms with E-state index in [1.165, 1.54) is 6.07 Å². The molecule has 1 rings (SSSR count). The van der Waals surface area contributed by atoms with Crippen LogP contribution in [-0.4, -0.2) is 17.5 Å². The third kappa shape index (κ3) is 2.45. The maximum Gasteiger partial charge on any atom is 0.339 e. The van der Waals surface area contributed by atoms with Crippen molar-refractivity contribution in [1.82, 2.24) is 0 Å². The molecule has 1 aromatic rings. The van der Waals surface area contributed by atoms with Crippen molar-refractivity contribution in [3.63, 3.8) is 0 Å². The number of benzene rings is 1. The maximum absolute atomic E-state index is 11.2. The number of nitrogen functional groups attached to an aromatic ring is 1. The highest BCUT2D eigenvalue weighted by Crippen LogP contribution is 2.22. The third-order valence-electron chi connectivity index (χ3n) is 1.73. The highest BCUT2D eigenvalue weighted by molar-refractivity contribution is 5.91. The summed E-state index contributed by atoms with van der Waals surface area (Å²) in [5, 5.41) is 18.6. The predicted molar refractivity (Wildman–Crippen MR) is 53.4 cm³/mol. The lowest BCUT2D eigenvalue weighted by Gasteiger charge is -2.02. The molecule has 16 heavy (non-hydrogen) atoms. The van der Waals surface area contributed by atoms with Crippen LogP contribution in [0.1, 0.15) is 10.4 Å². The molecule has 0 aromatic heterocycles. The zero-order chi connectivity index (χ0) is 12.1. The summed E-state index contributed by atoms with van der Waals surface area (Å²) in [5.74, 6) is -0.747. The van der Waals surface area contributed by atoms with E-state index < -0.39 is 10.9 Å². The van der Waals surface area contributed by atoms with Crippen LogP contribution in [0.5, 0.6) is 0 Å². The monoisotopic (exact) mass is 221 g/mol. The number of nitrogens with zero attached hydrogens (tertiary/aromatic N) is 2. The minimum atomic E-state index is -0.747. The number of hydrogen-bond donors (Lipinski definition) is 1. The van der Waals surface area contributed by atoms with Gasteiger partial charge in [0.05, 0.1) is 10.5 Å². The number of nitro benzene ring substituents is 1. The van der Waals surface area contributed by atoms with Gasteiger partial charge in [0.25, 0.3) is 5.69 Å². The molecule has 0 aliphatic carbocycles. The lowest BCUT2D eigenvalue weighted by molar-refractivity contribution is -0.383. The summed E-state index contributed by atoms with van der Waals surface area (Å²) >= 11 is 0. The van der Waals surface area contributed by atoms with Crippen LogP contribution in [0, 0.1) is 21.4 Å². The largest absolute Gasteiger partial charge is 0.447 e. The van der Waals surface area contributed by atoms with Gasteiger partial charge in [0.15, 0.2) is 6.61 Å². The van der Waals surface area contributed by atoms with E-state index in [-0.39, 0.29) is 23.5 Å². The van der Waals surface area contributed by atoms with Crippen LogP contribution in [-0.2, 0) is 4.74 Å². The van der Waals surface area contributed by atoms with Crippen molar-refractivity contribution in [2.45, 2.75) is 0 Å². The van der Waals surface area contributed by atoms with Crippen molar-refractivity contribution in [2.75, 3.05) is 12.3 Å². The molecule has 0 heterocycles. The van der Waals surface area contributed by atoms with Crippen LogP contribution in [0.2, 0.25) is 0 Å². The maximum atomic E-state index is 11.2. The summed E-state index contributed by atoms with van der Waals surface area (Å²) in [6.45, 7) is -0.379. The molecular formula is C9H7N3O4. The van der Waals surface area contributed by atoms with E-state index in [9.17, 15) is 14.9 Å². The number of nitriles is 1. The van der Waals surface area contributed by atoms with Gasteiger partial charge in [-0.25, -0.2) is 4.79 Å². The molecule has 0 amide bonds. The van der Waals surface area contributed by atoms with Crippen LogP contribution < -0.4 is 5.73 Å². The molecule has 2 N–H and O–H groups in total. The second-order valence-electron chi connectivity index (χ2n) is 2.76. The van der Waals surface area contributed by atoms with Gasteiger partial charge in [-0.05, 0) is 12.1 Å². The van der Waals surface area contributed by atoms with E-state index in [2.05, 4.69) is 4.74 Å². The van der Waals surface area contributed by atoms with Gasteiger partial charge in [0.1, 0.15) is 11.8 Å². The van der Waals surface area contributed by atoms with Gasteiger partial charge >= 0.3 is 5.97 Å². The smallest absolute Gasteiger partial charge is 0.339 e. The Labute approximate surface area is 90.2 Å². The molecular weight excluding hydrogens is 214 g/mol. The van der Waals surface area contributed by atoms with Crippen LogP contribution >= 0.6 is 0 Å². The molecule has 7 heteroatoms. The molecule has 0 fully saturated rings. The van der Waals surface area contributed by atoms with E-state index in [4.69, 9.17) is 11.0 Å². The highest BCUT2D eigenvalue weighted by Gasteiger charge is 2.15. The van der Waals surface area contributed by atoms with Gasteiger partial charge in [-0.2, -0.15) is 5.26 Å². The molecule has 82 valence electrons. The minimum Gasteiger partial charge on any atom is -0.447 e. The van der Waals surface area contributed by atoms with Gasteiger partial charge in [0.2, 0.25) is 0 Å². The summed E-state index contributed by atoms with van der Waals surface area (Å²) in [4.78, 5) is 21.0. The average Bonchev–Trinajstić information content (AvgIpc) is 2.25. The van der Waals surface area contributed by atoms with E-state index in [0.717, 1.165) is 12.1 Å². The van der Waals surface area contributed by atoms with Crippen LogP contribution in [0.3, 0.4) is 0 Å². The van der Waals surface area contributed by atoms with Crippen LogP contribution in [0.25, 0.3) is 0 Å². The Morgan fingerprint density at radius 3 is 2.81 bits per heavy atom. The van der Waals surface area contributed by atoms with E-state index in [1.807, 2.05) is 0 Å². The number of hydrogen-bond acceptors (Lipinski definition) is 6. The van der Waals surface area contributed by atoms with Crippen molar-refractivity contribution in [2.24, 2.45) is 0 Å². The van der Waals surface area contributed by atoms with Crippen molar-refractivity contribution in [3.8, 4) is 6.07 Å². The Hall–Kier alpha value is -2.62. The summed E-state index contributed by atoms with van der Waals surface area (Å²) in [7, 11) is 0. The van der Waals surface area contributed by atoms with Crippen molar-refractivity contribution in [3.05, 3.63) is 33.9 Å². The van der Waals surface area contributed by atoms with Gasteiger partial charge in [-0.15, -0.1) is 0 Å². The molecule has 0 saturated carbocycles. The summed E-state index contributed by atoms with van der Waals surface area (Å²) in [5.41, 5.74) is 5.03. The molecule has 0 atom stereocenters. The zero-order valence-electron chi connectivity index (χ0n) is 8.04. The second kappa shape index (κ2) is 4.75. The molecule has 0 aliphatic heterocycles. The second-order valence-corrected chi connectivity index (χ2v) is 2.76. The first-order valence-corrected chi connectivity index (χ1v) is 4.14. The Kier molecular flexibility index (Phi) is 3.40. The number of carbonyl (C=O) groups is 1. The van der Waals surface area contributed by atoms with Crippen LogP contribution in [0.15, 0.2) is 18.2 Å². The Balaban J connectivity index is 2.93. The van der Waals surface area contributed by atoms with Gasteiger partial charge in [-0.1, -0.05) is 0 Å². The Morgan fingerprint density at radius 2 is 2.31 bits per heavy atom. The van der Waals surface area contributed by atoms with Gasteiger partial charge in [-0.3, -0.25) is 10.1 Å². The van der Waals surface area contributed by atoms with Crippen molar-refractivity contribution in [1.29, 1.82) is 5.26 Å². The fraction of sp³-hybridized carbons (Fsp3) is 0.111. The fourth-order valence-corrected chi connectivity index (χ4v) is 1.03. The van der Waals surface area contributed by atoms with E-state index in [0.29, 0.717) is 0 Å². The number of esters is 1. The molecule has 0 spiro atoms. The molecule has 0 bridgehead atoms. The summed E-state index contributed by atoms with van der Waals surface area (Å²) in [6, 6.07) is 5.09. The number of anilines is 1. The summed E-state index contributed by atoms with van der Waals surface area (Å²) < 4.78 is 4.51. The molecule has 0 unspecified atom stereocenters. The Bertz CT molecular complexity index is 478. The predicted octanol–water partition coefficient (Wildman–Crippen LogP) is 0.857. The summed E-state index contributed by atoms with van der Waals surface area (Å²) in [6.07, 6.45) is 0. The molecule has 1 aromatic carbocycles. The van der Waals surface area contributed by atoms with Crippen molar-refractivity contribution >= 4 is 17.3 Å². The lowest BCUT2D eigenvalue weighted by Crippen LogP contribution is -2.06. The molecule has 0 saturated heterocycles. The highest BCUT2D eigenvalue weighted by atomic mass is 16.6. The van der Waals surface area contributed by atoms with E-state index >= 15 is 0 Å². The Morgan fingerprint density at radius 1 is 1.62 bits per heavy atom. The first kappa shape index (κ1) is 11.5. The van der Waals surface area contributed by atoms with E-state index in [1.54, 1.807) is 6.07 Å². The molecule has 0 radical (unpaired) electrons. The minimum absolute atomic E-state index is 0.0679. The quantitative estimate of drug-likeness (QED) is 0.349. The number of ether oxygens (including phenoxy) is 1. The van der Waals surface area contributed by atoms with Gasteiger partial charge < -0.3 is 10.5 Å². The molecule has 0 aliphatic rings. The standard InChI is InChI=1S/C9H7N3O4/c10-3-4-16-9(13)6-1-2-8(12(14)15)7(11)5-6/h1-2,5H,4,11H2. The topological polar surface area (TPSA) is 119 Å². The molecule has 7 nitrogen and oxygen atoms in total. The van der Waals surface area contributed by atoms with Gasteiger partial charge in [0, 0.05) is 6.07 Å².